The van der Waals surface area contributed by atoms with Gasteiger partial charge >= 0.3 is 0 Å². The number of primary sulfonamides is 1. The highest BCUT2D eigenvalue weighted by atomic mass is 32.2. The Hall–Kier alpha value is -1.64. The molecule has 8 heteroatoms. The van der Waals surface area contributed by atoms with Crippen LogP contribution in [0.2, 0.25) is 0 Å². The standard InChI is InChI=1S/C13H17N3O3S2/c1-8-13(20-7-15-8)9(2)16-11-6-10(21(14,17)18)4-5-12(11)19-3/h4-7,9,16H,1-3H3,(H2,14,17,18). The third-order valence-electron chi connectivity index (χ3n) is 3.05. The van der Waals surface area contributed by atoms with Crippen LogP contribution in [0, 0.1) is 6.92 Å². The van der Waals surface area contributed by atoms with Crippen molar-refractivity contribution in [3.8, 4) is 5.75 Å². The Bertz CT molecular complexity index is 741. The summed E-state index contributed by atoms with van der Waals surface area (Å²) in [5, 5.41) is 8.40. The van der Waals surface area contributed by atoms with Crippen LogP contribution >= 0.6 is 11.3 Å². The van der Waals surface area contributed by atoms with E-state index in [-0.39, 0.29) is 10.9 Å². The number of methoxy groups -OCH3 is 1. The number of hydrogen-bond donors (Lipinski definition) is 2. The lowest BCUT2D eigenvalue weighted by Crippen LogP contribution is -2.13. The van der Waals surface area contributed by atoms with Gasteiger partial charge in [-0.2, -0.15) is 0 Å². The van der Waals surface area contributed by atoms with E-state index in [1.807, 2.05) is 13.8 Å². The first-order valence-corrected chi connectivity index (χ1v) is 8.63. The van der Waals surface area contributed by atoms with Crippen molar-refractivity contribution in [1.29, 1.82) is 0 Å². The van der Waals surface area contributed by atoms with Crippen molar-refractivity contribution in [2.75, 3.05) is 12.4 Å². The second-order valence-corrected chi connectivity index (χ2v) is 7.02. The first kappa shape index (κ1) is 15.7. The lowest BCUT2D eigenvalue weighted by molar-refractivity contribution is 0.415. The smallest absolute Gasteiger partial charge is 0.238 e. The molecule has 6 nitrogen and oxygen atoms in total. The van der Waals surface area contributed by atoms with Gasteiger partial charge in [-0.15, -0.1) is 11.3 Å². The number of aromatic nitrogens is 1. The highest BCUT2D eigenvalue weighted by molar-refractivity contribution is 7.89. The number of nitrogens with zero attached hydrogens (tertiary/aromatic N) is 1. The van der Waals surface area contributed by atoms with Gasteiger partial charge in [0.2, 0.25) is 10.0 Å². The molecule has 0 aliphatic heterocycles. The molecule has 2 rings (SSSR count). The van der Waals surface area contributed by atoms with E-state index in [0.717, 1.165) is 10.6 Å². The summed E-state index contributed by atoms with van der Waals surface area (Å²) >= 11 is 1.54. The fourth-order valence-electron chi connectivity index (χ4n) is 2.00. The molecule has 0 spiro atoms. The Kier molecular flexibility index (Phi) is 4.50. The summed E-state index contributed by atoms with van der Waals surface area (Å²) in [6.45, 7) is 3.91. The van der Waals surface area contributed by atoms with Crippen LogP contribution in [0.15, 0.2) is 28.6 Å². The molecule has 2 aromatic rings. The second-order valence-electron chi connectivity index (χ2n) is 4.58. The number of anilines is 1. The molecule has 21 heavy (non-hydrogen) atoms. The largest absolute Gasteiger partial charge is 0.495 e. The summed E-state index contributed by atoms with van der Waals surface area (Å²) < 4.78 is 28.2. The Morgan fingerprint density at radius 3 is 2.67 bits per heavy atom. The number of nitrogens with two attached hydrogens (primary N) is 1. The molecular formula is C13H17N3O3S2. The van der Waals surface area contributed by atoms with Crippen LogP contribution in [-0.2, 0) is 10.0 Å². The molecule has 1 heterocycles. The minimum Gasteiger partial charge on any atom is -0.495 e. The molecule has 0 amide bonds. The second kappa shape index (κ2) is 6.00. The van der Waals surface area contributed by atoms with Crippen molar-refractivity contribution in [3.05, 3.63) is 34.3 Å². The molecule has 114 valence electrons. The van der Waals surface area contributed by atoms with E-state index in [2.05, 4.69) is 10.3 Å². The van der Waals surface area contributed by atoms with Gasteiger partial charge in [0.25, 0.3) is 0 Å². The topological polar surface area (TPSA) is 94.3 Å². The highest BCUT2D eigenvalue weighted by Gasteiger charge is 2.16. The van der Waals surface area contributed by atoms with E-state index in [9.17, 15) is 8.42 Å². The van der Waals surface area contributed by atoms with Crippen molar-refractivity contribution in [3.63, 3.8) is 0 Å². The van der Waals surface area contributed by atoms with E-state index >= 15 is 0 Å². The Morgan fingerprint density at radius 1 is 1.43 bits per heavy atom. The van der Waals surface area contributed by atoms with Crippen LogP contribution in [0.25, 0.3) is 0 Å². The van der Waals surface area contributed by atoms with Crippen LogP contribution in [0.3, 0.4) is 0 Å². The van der Waals surface area contributed by atoms with Gasteiger partial charge in [0.05, 0.1) is 34.9 Å². The average molecular weight is 327 g/mol. The van der Waals surface area contributed by atoms with Gasteiger partial charge < -0.3 is 10.1 Å². The number of nitrogens with one attached hydrogen (secondary N) is 1. The zero-order chi connectivity index (χ0) is 15.6. The molecule has 1 aromatic heterocycles. The number of thiazole rings is 1. The summed E-state index contributed by atoms with van der Waals surface area (Å²) in [4.78, 5) is 5.33. The van der Waals surface area contributed by atoms with Crippen molar-refractivity contribution in [2.24, 2.45) is 5.14 Å². The van der Waals surface area contributed by atoms with Crippen LogP contribution < -0.4 is 15.2 Å². The van der Waals surface area contributed by atoms with Crippen molar-refractivity contribution < 1.29 is 13.2 Å². The predicted molar refractivity (Wildman–Crippen MR) is 83.3 cm³/mol. The summed E-state index contributed by atoms with van der Waals surface area (Å²) in [5.41, 5.74) is 3.30. The number of hydrogen-bond acceptors (Lipinski definition) is 6. The number of benzene rings is 1. The first-order chi connectivity index (χ1) is 9.82. The number of rotatable bonds is 5. The van der Waals surface area contributed by atoms with Gasteiger partial charge in [-0.3, -0.25) is 0 Å². The van der Waals surface area contributed by atoms with Crippen molar-refractivity contribution in [1.82, 2.24) is 4.98 Å². The van der Waals surface area contributed by atoms with Gasteiger partial charge in [0, 0.05) is 4.88 Å². The molecule has 1 atom stereocenters. The molecule has 0 radical (unpaired) electrons. The summed E-state index contributed by atoms with van der Waals surface area (Å²) in [6.07, 6.45) is 0. The summed E-state index contributed by atoms with van der Waals surface area (Å²) in [7, 11) is -2.23. The Balaban J connectivity index is 2.36. The van der Waals surface area contributed by atoms with Gasteiger partial charge in [0.15, 0.2) is 0 Å². The fraction of sp³-hybridized carbons (Fsp3) is 0.308. The monoisotopic (exact) mass is 327 g/mol. The first-order valence-electron chi connectivity index (χ1n) is 6.20. The molecule has 0 saturated carbocycles. The lowest BCUT2D eigenvalue weighted by Gasteiger charge is -2.17. The maximum absolute atomic E-state index is 11.5. The summed E-state index contributed by atoms with van der Waals surface area (Å²) in [6, 6.07) is 4.44. The Labute approximate surface area is 128 Å². The molecule has 0 aliphatic carbocycles. The molecule has 1 aromatic carbocycles. The van der Waals surface area contributed by atoms with E-state index in [1.54, 1.807) is 22.9 Å². The van der Waals surface area contributed by atoms with Crippen LogP contribution in [0.1, 0.15) is 23.5 Å². The van der Waals surface area contributed by atoms with E-state index < -0.39 is 10.0 Å². The van der Waals surface area contributed by atoms with Crippen molar-refractivity contribution >= 4 is 27.0 Å². The van der Waals surface area contributed by atoms with Gasteiger partial charge in [0.1, 0.15) is 5.75 Å². The van der Waals surface area contributed by atoms with Crippen LogP contribution in [0.5, 0.6) is 5.75 Å². The minimum absolute atomic E-state index is 0.0258. The van der Waals surface area contributed by atoms with E-state index in [4.69, 9.17) is 9.88 Å². The molecular weight excluding hydrogens is 310 g/mol. The molecule has 0 saturated heterocycles. The molecule has 0 fully saturated rings. The molecule has 3 N–H and O–H groups in total. The van der Waals surface area contributed by atoms with Crippen LogP contribution in [0.4, 0.5) is 5.69 Å². The minimum atomic E-state index is -3.75. The molecule has 0 aliphatic rings. The molecule has 0 bridgehead atoms. The van der Waals surface area contributed by atoms with Crippen molar-refractivity contribution in [2.45, 2.75) is 24.8 Å². The predicted octanol–water partition coefficient (Wildman–Crippen LogP) is 2.28. The SMILES string of the molecule is COc1ccc(S(N)(=O)=O)cc1NC(C)c1scnc1C. The number of aryl methyl sites for hydroxylation is 1. The zero-order valence-electron chi connectivity index (χ0n) is 12.0. The van der Waals surface area contributed by atoms with Gasteiger partial charge in [-0.25, -0.2) is 18.5 Å². The van der Waals surface area contributed by atoms with Crippen LogP contribution in [-0.4, -0.2) is 20.5 Å². The fourth-order valence-corrected chi connectivity index (χ4v) is 3.35. The number of ether oxygens (including phenoxy) is 1. The maximum atomic E-state index is 11.5. The van der Waals surface area contributed by atoms with E-state index in [0.29, 0.717) is 11.4 Å². The zero-order valence-corrected chi connectivity index (χ0v) is 13.6. The highest BCUT2D eigenvalue weighted by Crippen LogP contribution is 2.32. The molecule has 1 unspecified atom stereocenters. The Morgan fingerprint density at radius 2 is 2.14 bits per heavy atom. The quantitative estimate of drug-likeness (QED) is 0.878. The lowest BCUT2D eigenvalue weighted by atomic mass is 10.2. The van der Waals surface area contributed by atoms with Gasteiger partial charge in [-0.05, 0) is 32.0 Å². The number of sulfonamides is 1. The third-order valence-corrected chi connectivity index (χ3v) is 5.07. The average Bonchev–Trinajstić information content (AvgIpc) is 2.84. The third kappa shape index (κ3) is 3.52. The summed E-state index contributed by atoms with van der Waals surface area (Å²) in [5.74, 6) is 0.552. The normalized spacial score (nSPS) is 13.0. The van der Waals surface area contributed by atoms with E-state index in [1.165, 1.54) is 19.2 Å². The van der Waals surface area contributed by atoms with Gasteiger partial charge in [-0.1, -0.05) is 0 Å². The maximum Gasteiger partial charge on any atom is 0.238 e.